The molecule has 0 N–H and O–H groups in total. The first kappa shape index (κ1) is 20.0. The van der Waals surface area contributed by atoms with Gasteiger partial charge in [-0.3, -0.25) is 14.6 Å². The number of hydrogen-bond acceptors (Lipinski definition) is 4. The van der Waals surface area contributed by atoms with Crippen LogP contribution in [-0.4, -0.2) is 75.7 Å². The molecule has 0 bridgehead atoms. The molecule has 0 atom stereocenters. The summed E-state index contributed by atoms with van der Waals surface area (Å²) in [5.41, 5.74) is 1.44. The second kappa shape index (κ2) is 9.00. The van der Waals surface area contributed by atoms with Crippen molar-refractivity contribution in [2.24, 2.45) is 0 Å². The molecule has 1 aromatic heterocycles. The minimum atomic E-state index is -2.72. The highest BCUT2D eigenvalue weighted by molar-refractivity contribution is 5.92. The van der Waals surface area contributed by atoms with E-state index in [2.05, 4.69) is 39.2 Å². The third-order valence-corrected chi connectivity index (χ3v) is 5.95. The van der Waals surface area contributed by atoms with Gasteiger partial charge in [-0.05, 0) is 24.5 Å². The number of nitrogens with zero attached hydrogens (tertiary/aromatic N) is 5. The van der Waals surface area contributed by atoms with Gasteiger partial charge in [0, 0.05) is 58.1 Å². The maximum Gasteiger partial charge on any atom is 0.333 e. The van der Waals surface area contributed by atoms with Gasteiger partial charge in [0.1, 0.15) is 0 Å². The third kappa shape index (κ3) is 4.82. The lowest BCUT2D eigenvalue weighted by Crippen LogP contribution is -2.53. The number of alkyl halides is 2. The van der Waals surface area contributed by atoms with Crippen molar-refractivity contribution in [2.45, 2.75) is 32.0 Å². The molecule has 8 heteroatoms. The summed E-state index contributed by atoms with van der Waals surface area (Å²) in [6.07, 6.45) is 2.99. The first-order valence-corrected chi connectivity index (χ1v) is 10.2. The van der Waals surface area contributed by atoms with Gasteiger partial charge in [0.05, 0.1) is 0 Å². The highest BCUT2D eigenvalue weighted by Crippen LogP contribution is 2.20. The summed E-state index contributed by atoms with van der Waals surface area (Å²) in [6, 6.07) is 12.4. The zero-order valence-electron chi connectivity index (χ0n) is 16.5. The van der Waals surface area contributed by atoms with Gasteiger partial charge in [-0.25, -0.2) is 4.68 Å². The Bertz CT molecular complexity index is 796. The van der Waals surface area contributed by atoms with E-state index in [1.54, 1.807) is 4.90 Å². The van der Waals surface area contributed by atoms with E-state index in [0.717, 1.165) is 51.8 Å². The molecule has 2 aliphatic heterocycles. The Hall–Kier alpha value is -2.32. The first-order valence-electron chi connectivity index (χ1n) is 10.2. The Kier molecular flexibility index (Phi) is 6.20. The number of piperidine rings is 1. The van der Waals surface area contributed by atoms with Crippen molar-refractivity contribution in [3.05, 3.63) is 53.9 Å². The van der Waals surface area contributed by atoms with Crippen LogP contribution in [0, 0.1) is 0 Å². The molecule has 0 spiro atoms. The van der Waals surface area contributed by atoms with Crippen molar-refractivity contribution < 1.29 is 13.6 Å². The predicted octanol–water partition coefficient (Wildman–Crippen LogP) is 2.70. The quantitative estimate of drug-likeness (QED) is 0.770. The molecule has 1 aromatic carbocycles. The molecule has 0 aliphatic carbocycles. The molecule has 3 heterocycles. The van der Waals surface area contributed by atoms with Crippen LogP contribution in [0.5, 0.6) is 0 Å². The number of halogens is 2. The molecule has 0 saturated carbocycles. The van der Waals surface area contributed by atoms with Crippen molar-refractivity contribution in [1.82, 2.24) is 24.5 Å². The summed E-state index contributed by atoms with van der Waals surface area (Å²) in [7, 11) is 0. The van der Waals surface area contributed by atoms with Crippen LogP contribution in [0.4, 0.5) is 8.78 Å². The molecular formula is C21H27F2N5O. The van der Waals surface area contributed by atoms with Crippen molar-refractivity contribution in [1.29, 1.82) is 0 Å². The number of piperazine rings is 1. The van der Waals surface area contributed by atoms with E-state index in [4.69, 9.17) is 0 Å². The van der Waals surface area contributed by atoms with Crippen LogP contribution in [0.2, 0.25) is 0 Å². The van der Waals surface area contributed by atoms with E-state index in [9.17, 15) is 13.6 Å². The highest BCUT2D eigenvalue weighted by Gasteiger charge is 2.30. The molecule has 1 amide bonds. The van der Waals surface area contributed by atoms with Gasteiger partial charge in [0.25, 0.3) is 5.91 Å². The van der Waals surface area contributed by atoms with Crippen LogP contribution in [0.3, 0.4) is 0 Å². The highest BCUT2D eigenvalue weighted by atomic mass is 19.3. The summed E-state index contributed by atoms with van der Waals surface area (Å²) in [4.78, 5) is 19.3. The van der Waals surface area contributed by atoms with Crippen LogP contribution < -0.4 is 0 Å². The van der Waals surface area contributed by atoms with Crippen molar-refractivity contribution in [3.8, 4) is 0 Å². The van der Waals surface area contributed by atoms with Crippen LogP contribution in [0.25, 0.3) is 0 Å². The zero-order chi connectivity index (χ0) is 20.2. The fourth-order valence-electron chi connectivity index (χ4n) is 4.29. The summed E-state index contributed by atoms with van der Waals surface area (Å²) in [5.74, 6) is -0.254. The summed E-state index contributed by atoms with van der Waals surface area (Å²) in [6.45, 7) is 3.77. The summed E-state index contributed by atoms with van der Waals surface area (Å²) in [5, 5.41) is 3.70. The largest absolute Gasteiger partial charge is 0.337 e. The fourth-order valence-corrected chi connectivity index (χ4v) is 4.29. The van der Waals surface area contributed by atoms with Crippen molar-refractivity contribution >= 4 is 5.91 Å². The summed E-state index contributed by atoms with van der Waals surface area (Å²) < 4.78 is 25.8. The molecule has 2 saturated heterocycles. The lowest BCUT2D eigenvalue weighted by Gasteiger charge is -2.42. The molecule has 0 unspecified atom stereocenters. The van der Waals surface area contributed by atoms with E-state index in [1.807, 2.05) is 6.07 Å². The number of amides is 1. The molecule has 6 nitrogen and oxygen atoms in total. The van der Waals surface area contributed by atoms with Crippen molar-refractivity contribution in [2.75, 3.05) is 39.3 Å². The molecule has 4 rings (SSSR count). The van der Waals surface area contributed by atoms with E-state index < -0.39 is 6.55 Å². The summed E-state index contributed by atoms with van der Waals surface area (Å²) >= 11 is 0. The van der Waals surface area contributed by atoms with Gasteiger partial charge in [-0.1, -0.05) is 30.3 Å². The van der Waals surface area contributed by atoms with Gasteiger partial charge >= 0.3 is 6.55 Å². The fraction of sp³-hybridized carbons (Fsp3) is 0.524. The maximum atomic E-state index is 12.7. The monoisotopic (exact) mass is 403 g/mol. The third-order valence-electron chi connectivity index (χ3n) is 5.95. The smallest absolute Gasteiger partial charge is 0.333 e. The number of aromatic nitrogens is 2. The van der Waals surface area contributed by atoms with E-state index in [1.165, 1.54) is 11.6 Å². The Balaban J connectivity index is 1.23. The number of carbonyl (C=O) groups is 1. The lowest BCUT2D eigenvalue weighted by atomic mass is 10.0. The Morgan fingerprint density at radius 2 is 1.69 bits per heavy atom. The molecule has 156 valence electrons. The minimum absolute atomic E-state index is 0.0956. The maximum absolute atomic E-state index is 12.7. The molecular weight excluding hydrogens is 376 g/mol. The molecule has 29 heavy (non-hydrogen) atoms. The van der Waals surface area contributed by atoms with Crippen LogP contribution in [0.15, 0.2) is 42.6 Å². The van der Waals surface area contributed by atoms with E-state index in [-0.39, 0.29) is 11.6 Å². The average molecular weight is 403 g/mol. The lowest BCUT2D eigenvalue weighted by molar-refractivity contribution is 0.0450. The molecule has 2 fully saturated rings. The zero-order valence-corrected chi connectivity index (χ0v) is 16.5. The normalized spacial score (nSPS) is 19.8. The topological polar surface area (TPSA) is 44.6 Å². The average Bonchev–Trinajstić information content (AvgIpc) is 3.25. The number of benzene rings is 1. The SMILES string of the molecule is O=C(c1ccn(C(F)F)n1)N1CCC(N2CCN(Cc3ccccc3)CC2)CC1. The standard InChI is InChI=1S/C21H27F2N5O/c22-21(23)28-11-8-19(24-28)20(29)27-9-6-18(7-10-27)26-14-12-25(13-15-26)16-17-4-2-1-3-5-17/h1-5,8,11,18,21H,6-7,9-10,12-16H2. The minimum Gasteiger partial charge on any atom is -0.337 e. The van der Waals surface area contributed by atoms with Gasteiger partial charge in [-0.2, -0.15) is 13.9 Å². The number of rotatable bonds is 5. The van der Waals surface area contributed by atoms with Crippen LogP contribution >= 0.6 is 0 Å². The van der Waals surface area contributed by atoms with Crippen LogP contribution in [0.1, 0.15) is 35.4 Å². The second-order valence-corrected chi connectivity index (χ2v) is 7.78. The first-order chi connectivity index (χ1) is 14.1. The number of hydrogen-bond donors (Lipinski definition) is 0. The Labute approximate surface area is 169 Å². The van der Waals surface area contributed by atoms with E-state index >= 15 is 0 Å². The molecule has 0 radical (unpaired) electrons. The van der Waals surface area contributed by atoms with E-state index in [0.29, 0.717) is 23.8 Å². The number of likely N-dealkylation sites (tertiary alicyclic amines) is 1. The molecule has 2 aliphatic rings. The predicted molar refractivity (Wildman–Crippen MR) is 106 cm³/mol. The van der Waals surface area contributed by atoms with Gasteiger partial charge in [0.2, 0.25) is 0 Å². The van der Waals surface area contributed by atoms with Crippen LogP contribution in [-0.2, 0) is 6.54 Å². The number of carbonyl (C=O) groups excluding carboxylic acids is 1. The van der Waals surface area contributed by atoms with Gasteiger partial charge in [0.15, 0.2) is 5.69 Å². The van der Waals surface area contributed by atoms with Crippen molar-refractivity contribution in [3.63, 3.8) is 0 Å². The van der Waals surface area contributed by atoms with Gasteiger partial charge < -0.3 is 4.90 Å². The van der Waals surface area contributed by atoms with Gasteiger partial charge in [-0.15, -0.1) is 0 Å². The second-order valence-electron chi connectivity index (χ2n) is 7.78. The Morgan fingerprint density at radius 1 is 1.00 bits per heavy atom. The Morgan fingerprint density at radius 3 is 2.31 bits per heavy atom. The molecule has 2 aromatic rings.